The van der Waals surface area contributed by atoms with Crippen molar-refractivity contribution in [2.24, 2.45) is 5.34 Å². The van der Waals surface area contributed by atoms with Gasteiger partial charge in [0, 0.05) is 0 Å². The molecule has 0 atom stereocenters. The van der Waals surface area contributed by atoms with Crippen LogP contribution >= 0.6 is 0 Å². The number of rotatable bonds is 2. The number of nitrogens with zero attached hydrogens (tertiary/aromatic N) is 1. The first-order chi connectivity index (χ1) is 2.91. The minimum Gasteiger partial charge on any atom is -0.332 e. The summed E-state index contributed by atoms with van der Waals surface area (Å²) in [5.41, 5.74) is 0. The molecule has 0 aromatic carbocycles. The van der Waals surface area contributed by atoms with Crippen LogP contribution in [-0.2, 0) is 4.84 Å². The quantitative estimate of drug-likeness (QED) is 0.288. The van der Waals surface area contributed by atoms with E-state index in [2.05, 4.69) is 10.2 Å². The second kappa shape index (κ2) is 4.14. The Morgan fingerprint density at radius 3 is 2.67 bits per heavy atom. The van der Waals surface area contributed by atoms with Crippen LogP contribution in [-0.4, -0.2) is 0 Å². The molecule has 3 nitrogen and oxygen atoms in total. The molecule has 0 saturated carbocycles. The molecule has 0 fully saturated rings. The van der Waals surface area contributed by atoms with Crippen LogP contribution in [0.3, 0.4) is 0 Å². The van der Waals surface area contributed by atoms with Crippen molar-refractivity contribution in [3.05, 3.63) is 17.2 Å². The monoisotopic (exact) mass is 87.0 g/mol. The lowest BCUT2D eigenvalue weighted by molar-refractivity contribution is 0.262. The molecule has 3 heteroatoms. The maximum Gasteiger partial charge on any atom is 0.160 e. The molecule has 0 radical (unpaired) electrons. The molecule has 0 aliphatic heterocycles. The van der Waals surface area contributed by atoms with Gasteiger partial charge in [0.15, 0.2) is 5.34 Å². The number of hydrogen-bond acceptors (Lipinski definition) is 3. The second-order valence-electron chi connectivity index (χ2n) is 0.649. The standard InChI is InChI=1S/C3H5NO2/c1-2-3-6-4-5/h2-3H,1H3/b3-2+. The van der Waals surface area contributed by atoms with Crippen molar-refractivity contribution >= 4 is 0 Å². The molecule has 0 amide bonds. The molecule has 0 aromatic heterocycles. The molecule has 0 unspecified atom stereocenters. The van der Waals surface area contributed by atoms with Gasteiger partial charge in [-0.3, -0.25) is 0 Å². The molecule has 6 heavy (non-hydrogen) atoms. The fourth-order valence-electron chi connectivity index (χ4n) is 0.0857. The van der Waals surface area contributed by atoms with Gasteiger partial charge in [0.1, 0.15) is 6.26 Å². The summed E-state index contributed by atoms with van der Waals surface area (Å²) < 4.78 is 0. The molecule has 0 rings (SSSR count). The summed E-state index contributed by atoms with van der Waals surface area (Å²) in [6.45, 7) is 1.73. The summed E-state index contributed by atoms with van der Waals surface area (Å²) in [4.78, 5) is 12.9. The zero-order chi connectivity index (χ0) is 4.83. The van der Waals surface area contributed by atoms with E-state index < -0.39 is 0 Å². The van der Waals surface area contributed by atoms with Crippen LogP contribution in [0, 0.1) is 4.91 Å². The highest BCUT2D eigenvalue weighted by atomic mass is 16.7. The molecule has 0 heterocycles. The molecule has 0 N–H and O–H groups in total. The normalized spacial score (nSPS) is 8.83. The van der Waals surface area contributed by atoms with E-state index in [4.69, 9.17) is 4.91 Å². The Hall–Kier alpha value is -0.860. The van der Waals surface area contributed by atoms with E-state index in [9.17, 15) is 0 Å². The van der Waals surface area contributed by atoms with Gasteiger partial charge in [-0.1, -0.05) is 0 Å². The van der Waals surface area contributed by atoms with Crippen molar-refractivity contribution in [2.45, 2.75) is 6.92 Å². The van der Waals surface area contributed by atoms with E-state index in [0.29, 0.717) is 0 Å². The first-order valence-electron chi connectivity index (χ1n) is 1.51. The lowest BCUT2D eigenvalue weighted by Crippen LogP contribution is -1.56. The topological polar surface area (TPSA) is 38.7 Å². The summed E-state index contributed by atoms with van der Waals surface area (Å²) in [6.07, 6.45) is 2.77. The van der Waals surface area contributed by atoms with Gasteiger partial charge in [0.25, 0.3) is 0 Å². The Bertz CT molecular complexity index is 59.8. The van der Waals surface area contributed by atoms with E-state index >= 15 is 0 Å². The molecule has 0 aliphatic carbocycles. The van der Waals surface area contributed by atoms with Gasteiger partial charge in [-0.05, 0) is 13.0 Å². The first-order valence-corrected chi connectivity index (χ1v) is 1.51. The average Bonchev–Trinajstić information content (AvgIpc) is 1.61. The van der Waals surface area contributed by atoms with Gasteiger partial charge in [0.05, 0.1) is 0 Å². The number of hydrogen-bond donors (Lipinski definition) is 0. The highest BCUT2D eigenvalue weighted by Gasteiger charge is 1.59. The molecule has 34 valence electrons. The third-order valence-electron chi connectivity index (χ3n) is 0.240. The lowest BCUT2D eigenvalue weighted by Gasteiger charge is -1.71. The maximum atomic E-state index is 9.04. The SMILES string of the molecule is C/C=C/ON=O. The minimum atomic E-state index is 1.20. The van der Waals surface area contributed by atoms with Crippen LogP contribution in [0.1, 0.15) is 6.92 Å². The van der Waals surface area contributed by atoms with Gasteiger partial charge in [-0.25, -0.2) is 0 Å². The predicted octanol–water partition coefficient (Wildman–Crippen LogP) is 1.22. The summed E-state index contributed by atoms with van der Waals surface area (Å²) in [6, 6.07) is 0. The van der Waals surface area contributed by atoms with Gasteiger partial charge >= 0.3 is 0 Å². The Morgan fingerprint density at radius 1 is 1.83 bits per heavy atom. The predicted molar refractivity (Wildman–Crippen MR) is 21.7 cm³/mol. The minimum absolute atomic E-state index is 1.20. The molecule has 0 aliphatic rings. The average molecular weight is 87.1 g/mol. The molecule has 0 aromatic rings. The van der Waals surface area contributed by atoms with E-state index in [1.165, 1.54) is 6.26 Å². The molecular weight excluding hydrogens is 82.0 g/mol. The van der Waals surface area contributed by atoms with Gasteiger partial charge < -0.3 is 4.84 Å². The fourth-order valence-corrected chi connectivity index (χ4v) is 0.0857. The van der Waals surface area contributed by atoms with Gasteiger partial charge in [0.2, 0.25) is 0 Å². The lowest BCUT2D eigenvalue weighted by atomic mass is 10.7. The van der Waals surface area contributed by atoms with Gasteiger partial charge in [-0.15, -0.1) is 4.91 Å². The van der Waals surface area contributed by atoms with E-state index in [1.54, 1.807) is 13.0 Å². The van der Waals surface area contributed by atoms with Crippen LogP contribution in [0.5, 0.6) is 0 Å². The Morgan fingerprint density at radius 2 is 2.50 bits per heavy atom. The Balaban J connectivity index is 2.85. The van der Waals surface area contributed by atoms with Crippen molar-refractivity contribution in [3.63, 3.8) is 0 Å². The summed E-state index contributed by atoms with van der Waals surface area (Å²) in [5.74, 6) is 0. The molecule has 0 spiro atoms. The smallest absolute Gasteiger partial charge is 0.160 e. The largest absolute Gasteiger partial charge is 0.332 e. The van der Waals surface area contributed by atoms with Crippen LogP contribution in [0.2, 0.25) is 0 Å². The van der Waals surface area contributed by atoms with Crippen molar-refractivity contribution in [3.8, 4) is 0 Å². The van der Waals surface area contributed by atoms with Crippen LogP contribution in [0.25, 0.3) is 0 Å². The van der Waals surface area contributed by atoms with E-state index in [0.717, 1.165) is 0 Å². The first kappa shape index (κ1) is 5.14. The van der Waals surface area contributed by atoms with Crippen LogP contribution in [0.4, 0.5) is 0 Å². The van der Waals surface area contributed by atoms with Crippen molar-refractivity contribution < 1.29 is 4.84 Å². The second-order valence-corrected chi connectivity index (χ2v) is 0.649. The Kier molecular flexibility index (Phi) is 3.55. The summed E-state index contributed by atoms with van der Waals surface area (Å²) in [5, 5.41) is 2.09. The molecular formula is C3H5NO2. The van der Waals surface area contributed by atoms with Crippen LogP contribution in [0.15, 0.2) is 17.7 Å². The fraction of sp³-hybridized carbons (Fsp3) is 0.333. The highest BCUT2D eigenvalue weighted by molar-refractivity contribution is 4.63. The van der Waals surface area contributed by atoms with Crippen molar-refractivity contribution in [2.75, 3.05) is 0 Å². The zero-order valence-corrected chi connectivity index (χ0v) is 3.42. The van der Waals surface area contributed by atoms with E-state index in [1.807, 2.05) is 0 Å². The summed E-state index contributed by atoms with van der Waals surface area (Å²) in [7, 11) is 0. The van der Waals surface area contributed by atoms with E-state index in [-0.39, 0.29) is 0 Å². The third-order valence-corrected chi connectivity index (χ3v) is 0.240. The Labute approximate surface area is 35.5 Å². The van der Waals surface area contributed by atoms with Crippen molar-refractivity contribution in [1.29, 1.82) is 0 Å². The maximum absolute atomic E-state index is 9.04. The zero-order valence-electron chi connectivity index (χ0n) is 3.42. The molecule has 0 bridgehead atoms. The summed E-state index contributed by atoms with van der Waals surface area (Å²) >= 11 is 0. The highest BCUT2D eigenvalue weighted by Crippen LogP contribution is 1.72. The van der Waals surface area contributed by atoms with Gasteiger partial charge in [-0.2, -0.15) is 0 Å². The number of allylic oxidation sites excluding steroid dienone is 1. The molecule has 0 saturated heterocycles. The third kappa shape index (κ3) is 3.14. The van der Waals surface area contributed by atoms with Crippen molar-refractivity contribution in [1.82, 2.24) is 0 Å². The van der Waals surface area contributed by atoms with Crippen LogP contribution < -0.4 is 0 Å².